The van der Waals surface area contributed by atoms with Crippen molar-refractivity contribution in [1.82, 2.24) is 4.90 Å². The molecule has 0 aliphatic carbocycles. The van der Waals surface area contributed by atoms with Gasteiger partial charge in [0.15, 0.2) is 0 Å². The summed E-state index contributed by atoms with van der Waals surface area (Å²) < 4.78 is 0. The van der Waals surface area contributed by atoms with Crippen LogP contribution in [0.2, 0.25) is 5.02 Å². The van der Waals surface area contributed by atoms with E-state index >= 15 is 0 Å². The molecule has 1 saturated heterocycles. The average Bonchev–Trinajstić information content (AvgIpc) is 2.68. The number of amides is 1. The van der Waals surface area contributed by atoms with Gasteiger partial charge in [0.2, 0.25) is 5.91 Å². The molecule has 2 aromatic carbocycles. The van der Waals surface area contributed by atoms with Gasteiger partial charge < -0.3 is 9.80 Å². The van der Waals surface area contributed by atoms with E-state index in [9.17, 15) is 14.9 Å². The minimum Gasteiger partial charge on any atom is -0.362 e. The summed E-state index contributed by atoms with van der Waals surface area (Å²) in [5, 5.41) is 11.6. The van der Waals surface area contributed by atoms with E-state index in [1.165, 1.54) is 17.2 Å². The Labute approximate surface area is 173 Å². The van der Waals surface area contributed by atoms with Gasteiger partial charge in [-0.1, -0.05) is 41.4 Å². The number of piperazine rings is 1. The van der Waals surface area contributed by atoms with Crippen LogP contribution in [0.4, 0.5) is 11.4 Å². The summed E-state index contributed by atoms with van der Waals surface area (Å²) in [6.45, 7) is 4.31. The minimum absolute atomic E-state index is 0.000914. The summed E-state index contributed by atoms with van der Waals surface area (Å²) in [6.07, 6.45) is 0. The zero-order chi connectivity index (χ0) is 20.1. The summed E-state index contributed by atoms with van der Waals surface area (Å²) in [4.78, 5) is 27.1. The lowest BCUT2D eigenvalue weighted by molar-refractivity contribution is -0.384. The minimum atomic E-state index is -0.416. The fourth-order valence-electron chi connectivity index (χ4n) is 3.26. The first-order chi connectivity index (χ1) is 13.4. The molecule has 6 nitrogen and oxygen atoms in total. The van der Waals surface area contributed by atoms with Gasteiger partial charge in [0, 0.05) is 43.0 Å². The molecule has 2 aromatic rings. The molecule has 0 spiro atoms. The molecular formula is C20H22ClN3O3S. The van der Waals surface area contributed by atoms with E-state index in [0.29, 0.717) is 42.6 Å². The summed E-state index contributed by atoms with van der Waals surface area (Å²) in [5.74, 6) is 1.36. The molecule has 1 amide bonds. The Bertz CT molecular complexity index is 870. The molecular weight excluding hydrogens is 398 g/mol. The molecule has 0 atom stereocenters. The van der Waals surface area contributed by atoms with Crippen LogP contribution in [-0.2, 0) is 10.5 Å². The van der Waals surface area contributed by atoms with Crippen molar-refractivity contribution in [3.63, 3.8) is 0 Å². The number of nitro benzene ring substituents is 1. The van der Waals surface area contributed by atoms with Crippen LogP contribution in [0.3, 0.4) is 0 Å². The highest BCUT2D eigenvalue weighted by molar-refractivity contribution is 7.99. The fraction of sp³-hybridized carbons (Fsp3) is 0.350. The smallest absolute Gasteiger partial charge is 0.294 e. The van der Waals surface area contributed by atoms with Gasteiger partial charge in [0.1, 0.15) is 5.69 Å². The van der Waals surface area contributed by atoms with Gasteiger partial charge in [0.25, 0.3) is 5.69 Å². The lowest BCUT2D eigenvalue weighted by Gasteiger charge is -2.35. The van der Waals surface area contributed by atoms with Crippen molar-refractivity contribution in [3.8, 4) is 0 Å². The topological polar surface area (TPSA) is 66.7 Å². The maximum atomic E-state index is 12.5. The molecule has 28 heavy (non-hydrogen) atoms. The van der Waals surface area contributed by atoms with Crippen molar-refractivity contribution in [1.29, 1.82) is 0 Å². The second kappa shape index (κ2) is 9.30. The Balaban J connectivity index is 1.51. The molecule has 3 rings (SSSR count). The molecule has 1 aliphatic heterocycles. The van der Waals surface area contributed by atoms with Gasteiger partial charge in [-0.15, -0.1) is 11.8 Å². The SMILES string of the molecule is Cc1cccc(CSCC(=O)N2CCN(c3ccc(Cl)cc3[N+](=O)[O-])CC2)c1. The van der Waals surface area contributed by atoms with Crippen LogP contribution in [0.15, 0.2) is 42.5 Å². The van der Waals surface area contributed by atoms with Crippen LogP contribution in [0.5, 0.6) is 0 Å². The molecule has 0 aromatic heterocycles. The van der Waals surface area contributed by atoms with Gasteiger partial charge in [-0.25, -0.2) is 0 Å². The maximum Gasteiger partial charge on any atom is 0.294 e. The van der Waals surface area contributed by atoms with Crippen molar-refractivity contribution >= 4 is 40.6 Å². The highest BCUT2D eigenvalue weighted by Crippen LogP contribution is 2.31. The van der Waals surface area contributed by atoms with Crippen LogP contribution in [0.1, 0.15) is 11.1 Å². The number of thioether (sulfide) groups is 1. The van der Waals surface area contributed by atoms with E-state index in [1.54, 1.807) is 23.9 Å². The van der Waals surface area contributed by atoms with Crippen LogP contribution in [-0.4, -0.2) is 47.7 Å². The molecule has 0 unspecified atom stereocenters. The van der Waals surface area contributed by atoms with Crippen molar-refractivity contribution in [2.24, 2.45) is 0 Å². The maximum absolute atomic E-state index is 12.5. The third-order valence-electron chi connectivity index (χ3n) is 4.68. The standard InChI is InChI=1S/C20H22ClN3O3S/c1-15-3-2-4-16(11-15)13-28-14-20(25)23-9-7-22(8-10-23)18-6-5-17(21)12-19(18)24(26)27/h2-6,11-12H,7-10,13-14H2,1H3. The van der Waals surface area contributed by atoms with E-state index in [2.05, 4.69) is 25.1 Å². The number of nitrogens with zero attached hydrogens (tertiary/aromatic N) is 3. The van der Waals surface area contributed by atoms with Gasteiger partial charge >= 0.3 is 0 Å². The zero-order valence-corrected chi connectivity index (χ0v) is 17.2. The van der Waals surface area contributed by atoms with Crippen LogP contribution in [0, 0.1) is 17.0 Å². The van der Waals surface area contributed by atoms with Gasteiger partial charge in [-0.2, -0.15) is 0 Å². The summed E-state index contributed by atoms with van der Waals surface area (Å²) in [7, 11) is 0. The van der Waals surface area contributed by atoms with E-state index in [0.717, 1.165) is 5.75 Å². The van der Waals surface area contributed by atoms with Crippen LogP contribution in [0.25, 0.3) is 0 Å². The van der Waals surface area contributed by atoms with E-state index in [4.69, 9.17) is 11.6 Å². The summed E-state index contributed by atoms with van der Waals surface area (Å²) >= 11 is 7.50. The molecule has 1 heterocycles. The number of carbonyl (C=O) groups excluding carboxylic acids is 1. The zero-order valence-electron chi connectivity index (χ0n) is 15.6. The first-order valence-electron chi connectivity index (χ1n) is 9.04. The number of carbonyl (C=O) groups is 1. The molecule has 0 saturated carbocycles. The second-order valence-corrected chi connectivity index (χ2v) is 8.16. The largest absolute Gasteiger partial charge is 0.362 e. The quantitative estimate of drug-likeness (QED) is 0.520. The molecule has 148 valence electrons. The average molecular weight is 420 g/mol. The first kappa shape index (κ1) is 20.5. The van der Waals surface area contributed by atoms with Crippen molar-refractivity contribution in [2.45, 2.75) is 12.7 Å². The number of benzene rings is 2. The Hall–Kier alpha value is -2.25. The summed E-state index contributed by atoms with van der Waals surface area (Å²) in [6, 6.07) is 13.0. The number of hydrogen-bond acceptors (Lipinski definition) is 5. The highest BCUT2D eigenvalue weighted by Gasteiger charge is 2.25. The van der Waals surface area contributed by atoms with Crippen molar-refractivity contribution in [2.75, 3.05) is 36.8 Å². The number of nitro groups is 1. The van der Waals surface area contributed by atoms with Gasteiger partial charge in [0.05, 0.1) is 10.7 Å². The number of anilines is 1. The number of halogens is 1. The number of hydrogen-bond donors (Lipinski definition) is 0. The lowest BCUT2D eigenvalue weighted by Crippen LogP contribution is -2.49. The Morgan fingerprint density at radius 3 is 2.61 bits per heavy atom. The van der Waals surface area contributed by atoms with Crippen LogP contribution >= 0.6 is 23.4 Å². The highest BCUT2D eigenvalue weighted by atomic mass is 35.5. The van der Waals surface area contributed by atoms with Crippen LogP contribution < -0.4 is 4.90 Å². The number of aryl methyl sites for hydroxylation is 1. The van der Waals surface area contributed by atoms with Crippen molar-refractivity contribution < 1.29 is 9.72 Å². The molecule has 0 radical (unpaired) electrons. The van der Waals surface area contributed by atoms with E-state index in [1.807, 2.05) is 15.9 Å². The molecule has 0 bridgehead atoms. The predicted octanol–water partition coefficient (Wildman–Crippen LogP) is 4.14. The van der Waals surface area contributed by atoms with Gasteiger partial charge in [-0.05, 0) is 24.6 Å². The lowest BCUT2D eigenvalue weighted by atomic mass is 10.2. The predicted molar refractivity (Wildman–Crippen MR) is 114 cm³/mol. The van der Waals surface area contributed by atoms with Crippen molar-refractivity contribution in [3.05, 3.63) is 68.7 Å². The Kier molecular flexibility index (Phi) is 6.80. The fourth-order valence-corrected chi connectivity index (χ4v) is 4.30. The normalized spacial score (nSPS) is 14.2. The summed E-state index contributed by atoms with van der Waals surface area (Å²) in [5.41, 5.74) is 2.99. The van der Waals surface area contributed by atoms with Gasteiger partial charge in [-0.3, -0.25) is 14.9 Å². The molecule has 0 N–H and O–H groups in total. The molecule has 1 fully saturated rings. The molecule has 8 heteroatoms. The Morgan fingerprint density at radius 2 is 1.93 bits per heavy atom. The third-order valence-corrected chi connectivity index (χ3v) is 5.91. The van der Waals surface area contributed by atoms with E-state index in [-0.39, 0.29) is 11.6 Å². The third kappa shape index (κ3) is 5.17. The first-order valence-corrected chi connectivity index (χ1v) is 10.6. The monoisotopic (exact) mass is 419 g/mol. The second-order valence-electron chi connectivity index (χ2n) is 6.74. The Morgan fingerprint density at radius 1 is 1.18 bits per heavy atom. The molecule has 1 aliphatic rings. The van der Waals surface area contributed by atoms with E-state index < -0.39 is 4.92 Å². The number of rotatable bonds is 6.